The van der Waals surface area contributed by atoms with E-state index in [1.807, 2.05) is 0 Å². The molecule has 6 nitrogen and oxygen atoms in total. The first-order valence-electron chi connectivity index (χ1n) is 6.97. The highest BCUT2D eigenvalue weighted by Gasteiger charge is 2.13. The van der Waals surface area contributed by atoms with Crippen molar-refractivity contribution in [2.45, 2.75) is 11.3 Å². The summed E-state index contributed by atoms with van der Waals surface area (Å²) in [6, 6.07) is 9.91. The molecule has 0 aliphatic rings. The van der Waals surface area contributed by atoms with E-state index in [0.717, 1.165) is 6.26 Å². The van der Waals surface area contributed by atoms with Crippen LogP contribution in [-0.2, 0) is 21.1 Å². The Labute approximate surface area is 137 Å². The van der Waals surface area contributed by atoms with Crippen molar-refractivity contribution in [3.8, 4) is 0 Å². The van der Waals surface area contributed by atoms with E-state index < -0.39 is 15.7 Å². The van der Waals surface area contributed by atoms with Gasteiger partial charge in [-0.1, -0.05) is 17.3 Å². The standard InChI is InChI=1S/C16H13FN2O4S/c1-24(21,22)12-5-2-10(3-6-12)8-15(20)18-16-13-9-11(17)4-7-14(13)23-19-16/h2-7,9H,8H2,1H3,(H,18,19,20). The summed E-state index contributed by atoms with van der Waals surface area (Å²) in [6.45, 7) is 0. The molecular formula is C16H13FN2O4S. The van der Waals surface area contributed by atoms with Crippen LogP contribution in [-0.4, -0.2) is 25.7 Å². The van der Waals surface area contributed by atoms with Gasteiger partial charge >= 0.3 is 0 Å². The third-order valence-corrected chi connectivity index (χ3v) is 4.53. The van der Waals surface area contributed by atoms with Crippen molar-refractivity contribution in [1.82, 2.24) is 5.16 Å². The van der Waals surface area contributed by atoms with Crippen LogP contribution >= 0.6 is 0 Å². The first-order chi connectivity index (χ1) is 11.3. The number of aromatic nitrogens is 1. The SMILES string of the molecule is CS(=O)(=O)c1ccc(CC(=O)Nc2noc3ccc(F)cc23)cc1. The lowest BCUT2D eigenvalue weighted by atomic mass is 10.1. The van der Waals surface area contributed by atoms with E-state index >= 15 is 0 Å². The lowest BCUT2D eigenvalue weighted by Crippen LogP contribution is -2.14. The molecule has 1 heterocycles. The van der Waals surface area contributed by atoms with Gasteiger partial charge in [-0.25, -0.2) is 12.8 Å². The van der Waals surface area contributed by atoms with Crippen LogP contribution in [0, 0.1) is 5.82 Å². The predicted octanol–water partition coefficient (Wildman–Crippen LogP) is 2.55. The van der Waals surface area contributed by atoms with Crippen LogP contribution in [0.15, 0.2) is 51.9 Å². The third-order valence-electron chi connectivity index (χ3n) is 3.41. The molecule has 0 spiro atoms. The van der Waals surface area contributed by atoms with Gasteiger partial charge in [0.1, 0.15) is 5.82 Å². The summed E-state index contributed by atoms with van der Waals surface area (Å²) in [6.07, 6.45) is 1.14. The molecule has 0 aliphatic heterocycles. The number of fused-ring (bicyclic) bond motifs is 1. The summed E-state index contributed by atoms with van der Waals surface area (Å²) in [7, 11) is -3.28. The molecule has 0 atom stereocenters. The number of hydrogen-bond donors (Lipinski definition) is 1. The molecule has 124 valence electrons. The second-order valence-corrected chi connectivity index (χ2v) is 7.33. The van der Waals surface area contributed by atoms with E-state index in [1.165, 1.54) is 30.3 Å². The van der Waals surface area contributed by atoms with Gasteiger partial charge in [0.25, 0.3) is 0 Å². The largest absolute Gasteiger partial charge is 0.354 e. The first kappa shape index (κ1) is 16.1. The molecule has 0 radical (unpaired) electrons. The normalized spacial score (nSPS) is 11.6. The number of anilines is 1. The fourth-order valence-corrected chi connectivity index (χ4v) is 2.85. The smallest absolute Gasteiger partial charge is 0.230 e. The molecular weight excluding hydrogens is 335 g/mol. The van der Waals surface area contributed by atoms with Crippen molar-refractivity contribution >= 4 is 32.5 Å². The summed E-state index contributed by atoms with van der Waals surface area (Å²) in [5.74, 6) is -0.693. The van der Waals surface area contributed by atoms with Gasteiger partial charge in [-0.3, -0.25) is 4.79 Å². The van der Waals surface area contributed by atoms with Crippen molar-refractivity contribution in [2.24, 2.45) is 0 Å². The number of rotatable bonds is 4. The Bertz CT molecular complexity index is 1010. The summed E-state index contributed by atoms with van der Waals surface area (Å²) < 4.78 is 41.1. The van der Waals surface area contributed by atoms with E-state index in [4.69, 9.17) is 4.52 Å². The lowest BCUT2D eigenvalue weighted by Gasteiger charge is -2.04. The maximum absolute atomic E-state index is 13.3. The zero-order chi connectivity index (χ0) is 17.3. The second-order valence-electron chi connectivity index (χ2n) is 5.31. The van der Waals surface area contributed by atoms with Gasteiger partial charge in [-0.2, -0.15) is 0 Å². The highest BCUT2D eigenvalue weighted by molar-refractivity contribution is 7.90. The number of halogens is 1. The molecule has 24 heavy (non-hydrogen) atoms. The van der Waals surface area contributed by atoms with Crippen LogP contribution in [0.5, 0.6) is 0 Å². The van der Waals surface area contributed by atoms with Crippen LogP contribution in [0.1, 0.15) is 5.56 Å². The van der Waals surface area contributed by atoms with Crippen LogP contribution in [0.25, 0.3) is 11.0 Å². The Balaban J connectivity index is 1.74. The topological polar surface area (TPSA) is 89.3 Å². The van der Waals surface area contributed by atoms with Crippen LogP contribution in [0.2, 0.25) is 0 Å². The summed E-state index contributed by atoms with van der Waals surface area (Å²) in [5.41, 5.74) is 1.00. The zero-order valence-corrected chi connectivity index (χ0v) is 13.4. The number of sulfone groups is 1. The fraction of sp³-hybridized carbons (Fsp3) is 0.125. The number of carbonyl (C=O) groups is 1. The first-order valence-corrected chi connectivity index (χ1v) is 8.86. The molecule has 0 saturated heterocycles. The second kappa shape index (κ2) is 6.04. The molecule has 1 amide bonds. The van der Waals surface area contributed by atoms with Gasteiger partial charge in [-0.15, -0.1) is 0 Å². The molecule has 1 N–H and O–H groups in total. The number of nitrogens with one attached hydrogen (secondary N) is 1. The molecule has 0 aliphatic carbocycles. The Morgan fingerprint density at radius 3 is 2.58 bits per heavy atom. The van der Waals surface area contributed by atoms with E-state index in [1.54, 1.807) is 12.1 Å². The van der Waals surface area contributed by atoms with Gasteiger partial charge in [-0.05, 0) is 35.9 Å². The highest BCUT2D eigenvalue weighted by atomic mass is 32.2. The Kier molecular flexibility index (Phi) is 4.06. The van der Waals surface area contributed by atoms with Crippen molar-refractivity contribution in [1.29, 1.82) is 0 Å². The van der Waals surface area contributed by atoms with Crippen LogP contribution in [0.4, 0.5) is 10.2 Å². The summed E-state index contributed by atoms with van der Waals surface area (Å²) in [4.78, 5) is 12.3. The summed E-state index contributed by atoms with van der Waals surface area (Å²) in [5, 5.41) is 6.64. The molecule has 0 unspecified atom stereocenters. The molecule has 0 bridgehead atoms. The quantitative estimate of drug-likeness (QED) is 0.783. The average Bonchev–Trinajstić information content (AvgIpc) is 2.89. The monoisotopic (exact) mass is 348 g/mol. The van der Waals surface area contributed by atoms with Crippen molar-refractivity contribution < 1.29 is 22.1 Å². The maximum Gasteiger partial charge on any atom is 0.230 e. The number of amides is 1. The van der Waals surface area contributed by atoms with Gasteiger partial charge in [0, 0.05) is 6.26 Å². The van der Waals surface area contributed by atoms with Gasteiger partial charge in [0.05, 0.1) is 16.7 Å². The highest BCUT2D eigenvalue weighted by Crippen LogP contribution is 2.23. The molecule has 0 saturated carbocycles. The minimum absolute atomic E-state index is 0.0215. The van der Waals surface area contributed by atoms with E-state index in [-0.39, 0.29) is 23.0 Å². The van der Waals surface area contributed by atoms with Crippen LogP contribution < -0.4 is 5.32 Å². The Hall–Kier alpha value is -2.74. The van der Waals surface area contributed by atoms with Gasteiger partial charge in [0.2, 0.25) is 5.91 Å². The number of benzene rings is 2. The lowest BCUT2D eigenvalue weighted by molar-refractivity contribution is -0.115. The van der Waals surface area contributed by atoms with Crippen molar-refractivity contribution in [2.75, 3.05) is 11.6 Å². The van der Waals surface area contributed by atoms with Crippen LogP contribution in [0.3, 0.4) is 0 Å². The maximum atomic E-state index is 13.3. The Morgan fingerprint density at radius 2 is 1.92 bits per heavy atom. The number of hydrogen-bond acceptors (Lipinski definition) is 5. The average molecular weight is 348 g/mol. The minimum atomic E-state index is -3.28. The zero-order valence-electron chi connectivity index (χ0n) is 12.6. The van der Waals surface area contributed by atoms with Crippen molar-refractivity contribution in [3.63, 3.8) is 0 Å². The number of carbonyl (C=O) groups excluding carboxylic acids is 1. The van der Waals surface area contributed by atoms with E-state index in [2.05, 4.69) is 10.5 Å². The fourth-order valence-electron chi connectivity index (χ4n) is 2.22. The van der Waals surface area contributed by atoms with Gasteiger partial charge in [0.15, 0.2) is 21.2 Å². The number of nitrogens with zero attached hydrogens (tertiary/aromatic N) is 1. The summed E-state index contributed by atoms with van der Waals surface area (Å²) >= 11 is 0. The minimum Gasteiger partial charge on any atom is -0.354 e. The molecule has 8 heteroatoms. The van der Waals surface area contributed by atoms with Gasteiger partial charge < -0.3 is 9.84 Å². The van der Waals surface area contributed by atoms with E-state index in [9.17, 15) is 17.6 Å². The molecule has 2 aromatic carbocycles. The molecule has 3 rings (SSSR count). The van der Waals surface area contributed by atoms with Crippen molar-refractivity contribution in [3.05, 3.63) is 53.8 Å². The molecule has 1 aromatic heterocycles. The van der Waals surface area contributed by atoms with E-state index in [0.29, 0.717) is 16.5 Å². The Morgan fingerprint density at radius 1 is 1.21 bits per heavy atom. The molecule has 3 aromatic rings. The molecule has 0 fully saturated rings. The predicted molar refractivity (Wildman–Crippen MR) is 85.9 cm³/mol. The third kappa shape index (κ3) is 3.43.